The lowest BCUT2D eigenvalue weighted by Crippen LogP contribution is -1.96. The predicted octanol–water partition coefficient (Wildman–Crippen LogP) is 4.10. The zero-order valence-electron chi connectivity index (χ0n) is 12.0. The Balaban J connectivity index is 1.92. The van der Waals surface area contributed by atoms with E-state index in [1.807, 2.05) is 24.3 Å². The van der Waals surface area contributed by atoms with Gasteiger partial charge in [0, 0.05) is 5.56 Å². The van der Waals surface area contributed by atoms with Gasteiger partial charge >= 0.3 is 0 Å². The molecule has 2 aromatic rings. The van der Waals surface area contributed by atoms with Crippen molar-refractivity contribution in [1.29, 1.82) is 0 Å². The minimum atomic E-state index is 0.366. The third-order valence-electron chi connectivity index (χ3n) is 2.83. The van der Waals surface area contributed by atoms with Crippen LogP contribution in [0.4, 0.5) is 0 Å². The van der Waals surface area contributed by atoms with Gasteiger partial charge in [0.05, 0.1) is 19.0 Å². The van der Waals surface area contributed by atoms with E-state index in [2.05, 4.69) is 28.7 Å². The third kappa shape index (κ3) is 5.45. The van der Waals surface area contributed by atoms with Gasteiger partial charge in [-0.25, -0.2) is 9.97 Å². The van der Waals surface area contributed by atoms with E-state index in [0.717, 1.165) is 24.3 Å². The number of hydrogen-bond donors (Lipinski definition) is 0. The first-order valence-electron chi connectivity index (χ1n) is 7.00. The van der Waals surface area contributed by atoms with Crippen LogP contribution in [0.5, 0.6) is 5.75 Å². The smallest absolute Gasteiger partial charge is 0.147 e. The van der Waals surface area contributed by atoms with Crippen molar-refractivity contribution in [2.45, 2.75) is 26.2 Å². The first-order chi connectivity index (χ1) is 10.3. The Kier molecular flexibility index (Phi) is 6.05. The van der Waals surface area contributed by atoms with Gasteiger partial charge < -0.3 is 4.74 Å². The second-order valence-corrected chi connectivity index (χ2v) is 4.94. The Morgan fingerprint density at radius 1 is 1.05 bits per heavy atom. The third-order valence-corrected chi connectivity index (χ3v) is 3.02. The molecule has 0 aliphatic heterocycles. The Morgan fingerprint density at radius 2 is 1.86 bits per heavy atom. The number of ether oxygens (including phenoxy) is 1. The topological polar surface area (TPSA) is 35.0 Å². The minimum absolute atomic E-state index is 0.366. The largest absolute Gasteiger partial charge is 0.494 e. The maximum Gasteiger partial charge on any atom is 0.147 e. The molecule has 0 amide bonds. The molecule has 21 heavy (non-hydrogen) atoms. The van der Waals surface area contributed by atoms with Crippen LogP contribution < -0.4 is 4.74 Å². The number of aromatic nitrogens is 2. The molecule has 0 radical (unpaired) electrons. The van der Waals surface area contributed by atoms with Crippen molar-refractivity contribution in [1.82, 2.24) is 9.97 Å². The van der Waals surface area contributed by atoms with Crippen LogP contribution in [0, 0.1) is 11.8 Å². The number of nitrogens with zero attached hydrogens (tertiary/aromatic N) is 2. The standard InChI is InChI=1S/C17H17ClN2O/c1-2-3-4-11-21-16-9-6-14(7-10-16)5-8-15-12-20-17(18)13-19-15/h6-7,9-10,12-13H,2-4,11H2,1H3. The summed E-state index contributed by atoms with van der Waals surface area (Å²) in [7, 11) is 0. The summed E-state index contributed by atoms with van der Waals surface area (Å²) < 4.78 is 5.65. The lowest BCUT2D eigenvalue weighted by molar-refractivity contribution is 0.306. The summed E-state index contributed by atoms with van der Waals surface area (Å²) in [5, 5.41) is 0.366. The van der Waals surface area contributed by atoms with Crippen molar-refractivity contribution in [3.05, 3.63) is 53.1 Å². The van der Waals surface area contributed by atoms with Crippen molar-refractivity contribution < 1.29 is 4.74 Å². The maximum atomic E-state index is 5.67. The molecule has 1 aromatic carbocycles. The van der Waals surface area contributed by atoms with Crippen molar-refractivity contribution in [3.63, 3.8) is 0 Å². The molecule has 2 rings (SSSR count). The Morgan fingerprint density at radius 3 is 2.52 bits per heavy atom. The molecule has 1 heterocycles. The molecule has 0 aliphatic carbocycles. The van der Waals surface area contributed by atoms with Crippen molar-refractivity contribution in [2.75, 3.05) is 6.61 Å². The molecule has 3 nitrogen and oxygen atoms in total. The van der Waals surface area contributed by atoms with Crippen LogP contribution in [0.3, 0.4) is 0 Å². The molecule has 4 heteroatoms. The predicted molar refractivity (Wildman–Crippen MR) is 84.5 cm³/mol. The van der Waals surface area contributed by atoms with Crippen LogP contribution >= 0.6 is 11.6 Å². The summed E-state index contributed by atoms with van der Waals surface area (Å²) in [6.07, 6.45) is 6.53. The maximum absolute atomic E-state index is 5.67. The van der Waals surface area contributed by atoms with Crippen LogP contribution in [0.15, 0.2) is 36.7 Å². The van der Waals surface area contributed by atoms with Gasteiger partial charge in [0.2, 0.25) is 0 Å². The lowest BCUT2D eigenvalue weighted by Gasteiger charge is -2.05. The lowest BCUT2D eigenvalue weighted by atomic mass is 10.2. The number of halogens is 1. The highest BCUT2D eigenvalue weighted by molar-refractivity contribution is 6.29. The van der Waals surface area contributed by atoms with Crippen molar-refractivity contribution >= 4 is 11.6 Å². The summed E-state index contributed by atoms with van der Waals surface area (Å²) in [5.74, 6) is 6.86. The molecular formula is C17H17ClN2O. The first kappa shape index (κ1) is 15.3. The summed E-state index contributed by atoms with van der Waals surface area (Å²) in [6.45, 7) is 2.94. The van der Waals surface area contributed by atoms with E-state index in [-0.39, 0.29) is 0 Å². The van der Waals surface area contributed by atoms with E-state index in [9.17, 15) is 0 Å². The van der Waals surface area contributed by atoms with Gasteiger partial charge in [0.25, 0.3) is 0 Å². The highest BCUT2D eigenvalue weighted by Gasteiger charge is 1.94. The second-order valence-electron chi connectivity index (χ2n) is 4.55. The number of rotatable bonds is 5. The molecule has 0 saturated heterocycles. The van der Waals surface area contributed by atoms with E-state index in [1.165, 1.54) is 19.0 Å². The van der Waals surface area contributed by atoms with E-state index < -0.39 is 0 Å². The van der Waals surface area contributed by atoms with E-state index >= 15 is 0 Å². The molecule has 0 atom stereocenters. The molecule has 1 aromatic heterocycles. The molecule has 0 N–H and O–H groups in total. The number of hydrogen-bond acceptors (Lipinski definition) is 3. The Hall–Kier alpha value is -2.05. The van der Waals surface area contributed by atoms with Gasteiger partial charge in [-0.05, 0) is 36.6 Å². The number of unbranched alkanes of at least 4 members (excludes halogenated alkanes) is 2. The summed E-state index contributed by atoms with van der Waals surface area (Å²) in [5.41, 5.74) is 1.51. The highest BCUT2D eigenvalue weighted by atomic mass is 35.5. The molecule has 0 fully saturated rings. The molecule has 0 saturated carbocycles. The van der Waals surface area contributed by atoms with E-state index in [1.54, 1.807) is 6.20 Å². The molecule has 108 valence electrons. The summed E-state index contributed by atoms with van der Waals surface area (Å²) >= 11 is 5.67. The minimum Gasteiger partial charge on any atom is -0.494 e. The fourth-order valence-corrected chi connectivity index (χ4v) is 1.79. The molecule has 0 unspecified atom stereocenters. The summed E-state index contributed by atoms with van der Waals surface area (Å²) in [4.78, 5) is 8.01. The van der Waals surface area contributed by atoms with E-state index in [0.29, 0.717) is 10.8 Å². The second kappa shape index (κ2) is 8.28. The molecule has 0 bridgehead atoms. The van der Waals surface area contributed by atoms with Crippen molar-refractivity contribution in [3.8, 4) is 17.6 Å². The SMILES string of the molecule is CCCCCOc1ccc(C#Cc2cnc(Cl)cn2)cc1. The Bertz CT molecular complexity index is 612. The van der Waals surface area contributed by atoms with Crippen molar-refractivity contribution in [2.24, 2.45) is 0 Å². The molecule has 0 aliphatic rings. The normalized spacial score (nSPS) is 9.81. The highest BCUT2D eigenvalue weighted by Crippen LogP contribution is 2.12. The summed E-state index contributed by atoms with van der Waals surface area (Å²) in [6, 6.07) is 7.74. The van der Waals surface area contributed by atoms with Crippen LogP contribution in [-0.4, -0.2) is 16.6 Å². The van der Waals surface area contributed by atoms with Gasteiger partial charge in [0.1, 0.15) is 16.6 Å². The van der Waals surface area contributed by atoms with Gasteiger partial charge in [-0.15, -0.1) is 0 Å². The van der Waals surface area contributed by atoms with Gasteiger partial charge in [-0.1, -0.05) is 37.3 Å². The molecular weight excluding hydrogens is 284 g/mol. The monoisotopic (exact) mass is 300 g/mol. The number of benzene rings is 1. The quantitative estimate of drug-likeness (QED) is 0.616. The Labute approximate surface area is 130 Å². The van der Waals surface area contributed by atoms with Gasteiger partial charge in [0.15, 0.2) is 0 Å². The zero-order valence-corrected chi connectivity index (χ0v) is 12.7. The van der Waals surface area contributed by atoms with Crippen LogP contribution in [0.25, 0.3) is 0 Å². The van der Waals surface area contributed by atoms with Crippen LogP contribution in [0.2, 0.25) is 5.15 Å². The van der Waals surface area contributed by atoms with Gasteiger partial charge in [-0.2, -0.15) is 0 Å². The van der Waals surface area contributed by atoms with Crippen LogP contribution in [0.1, 0.15) is 37.4 Å². The zero-order chi connectivity index (χ0) is 14.9. The average molecular weight is 301 g/mol. The fourth-order valence-electron chi connectivity index (χ4n) is 1.69. The molecule has 0 spiro atoms. The van der Waals surface area contributed by atoms with E-state index in [4.69, 9.17) is 16.3 Å². The fraction of sp³-hybridized carbons (Fsp3) is 0.294. The first-order valence-corrected chi connectivity index (χ1v) is 7.38. The van der Waals surface area contributed by atoms with Gasteiger partial charge in [-0.3, -0.25) is 0 Å². The average Bonchev–Trinajstić information content (AvgIpc) is 2.52. The van der Waals surface area contributed by atoms with Crippen LogP contribution in [-0.2, 0) is 0 Å².